The van der Waals surface area contributed by atoms with Gasteiger partial charge in [-0.3, -0.25) is 0 Å². The fourth-order valence-electron chi connectivity index (χ4n) is 1.73. The van der Waals surface area contributed by atoms with Crippen LogP contribution in [0.15, 0.2) is 24.3 Å². The van der Waals surface area contributed by atoms with E-state index in [0.717, 1.165) is 10.9 Å². The maximum absolute atomic E-state index is 8.94. The maximum atomic E-state index is 8.94. The molecule has 88 valence electrons. The first-order valence-electron chi connectivity index (χ1n) is 5.27. The highest BCUT2D eigenvalue weighted by Crippen LogP contribution is 2.25. The normalized spacial score (nSPS) is 14.2. The van der Waals surface area contributed by atoms with Crippen molar-refractivity contribution in [3.05, 3.63) is 24.3 Å². The van der Waals surface area contributed by atoms with E-state index >= 15 is 0 Å². The molecule has 0 bridgehead atoms. The summed E-state index contributed by atoms with van der Waals surface area (Å²) in [6.45, 7) is 1.96. The average molecular weight is 230 g/mol. The first-order valence-corrected chi connectivity index (χ1v) is 5.27. The van der Waals surface area contributed by atoms with Crippen LogP contribution in [0.4, 0.5) is 0 Å². The van der Waals surface area contributed by atoms with Crippen molar-refractivity contribution in [1.29, 1.82) is 5.26 Å². The molecule has 1 atom stereocenters. The van der Waals surface area contributed by atoms with Crippen LogP contribution in [0.5, 0.6) is 5.88 Å². The smallest absolute Gasteiger partial charge is 0.219 e. The molecule has 0 radical (unpaired) electrons. The van der Waals surface area contributed by atoms with Gasteiger partial charge in [0.1, 0.15) is 5.54 Å². The highest BCUT2D eigenvalue weighted by atomic mass is 16.5. The largest absolute Gasteiger partial charge is 0.481 e. The quantitative estimate of drug-likeness (QED) is 0.861. The number of fused-ring (bicyclic) bond motifs is 1. The minimum absolute atomic E-state index is 0.293. The van der Waals surface area contributed by atoms with E-state index in [9.17, 15) is 0 Å². The highest BCUT2D eigenvalue weighted by molar-refractivity contribution is 5.84. The summed E-state index contributed by atoms with van der Waals surface area (Å²) >= 11 is 0. The summed E-state index contributed by atoms with van der Waals surface area (Å²) in [6.07, 6.45) is 0. The van der Waals surface area contributed by atoms with Crippen LogP contribution in [0.2, 0.25) is 0 Å². The SMILES string of the molecule is COc1c2ccccc2nn1C[C@@](C)(N)C#N. The summed E-state index contributed by atoms with van der Waals surface area (Å²) in [5, 5.41) is 14.2. The van der Waals surface area contributed by atoms with Crippen molar-refractivity contribution < 1.29 is 4.74 Å². The second kappa shape index (κ2) is 4.07. The highest BCUT2D eigenvalue weighted by Gasteiger charge is 2.22. The Balaban J connectivity index is 2.51. The Morgan fingerprint density at radius 2 is 2.24 bits per heavy atom. The minimum atomic E-state index is -0.963. The standard InChI is InChI=1S/C12H14N4O/c1-12(14,7-13)8-16-11(17-2)9-5-3-4-6-10(9)15-16/h3-6H,8,14H2,1-2H3/t12-/m0/s1. The molecule has 2 aromatic rings. The molecule has 0 spiro atoms. The molecule has 0 saturated carbocycles. The van der Waals surface area contributed by atoms with Crippen molar-refractivity contribution in [2.24, 2.45) is 5.73 Å². The lowest BCUT2D eigenvalue weighted by Gasteiger charge is -2.16. The van der Waals surface area contributed by atoms with Crippen LogP contribution < -0.4 is 10.5 Å². The maximum Gasteiger partial charge on any atom is 0.219 e. The number of benzene rings is 1. The zero-order valence-corrected chi connectivity index (χ0v) is 9.84. The Bertz CT molecular complexity index is 580. The van der Waals surface area contributed by atoms with Gasteiger partial charge in [0.15, 0.2) is 0 Å². The van der Waals surface area contributed by atoms with Crippen molar-refractivity contribution in [3.8, 4) is 11.9 Å². The molecule has 1 heterocycles. The Labute approximate surface area is 99.4 Å². The van der Waals surface area contributed by atoms with E-state index in [0.29, 0.717) is 12.4 Å². The lowest BCUT2D eigenvalue weighted by molar-refractivity contribution is 0.343. The molecular weight excluding hydrogens is 216 g/mol. The molecule has 0 unspecified atom stereocenters. The number of nitrogens with two attached hydrogens (primary N) is 1. The number of hydrogen-bond acceptors (Lipinski definition) is 4. The molecule has 0 aliphatic rings. The van der Waals surface area contributed by atoms with Gasteiger partial charge >= 0.3 is 0 Å². The topological polar surface area (TPSA) is 76.9 Å². The van der Waals surface area contributed by atoms with E-state index < -0.39 is 5.54 Å². The van der Waals surface area contributed by atoms with Gasteiger partial charge in [-0.2, -0.15) is 10.4 Å². The molecule has 17 heavy (non-hydrogen) atoms. The Kier molecular flexibility index (Phi) is 2.74. The molecule has 1 aromatic heterocycles. The van der Waals surface area contributed by atoms with Crippen molar-refractivity contribution in [2.75, 3.05) is 7.11 Å². The fraction of sp³-hybridized carbons (Fsp3) is 0.333. The van der Waals surface area contributed by atoms with Gasteiger partial charge in [-0.25, -0.2) is 4.68 Å². The van der Waals surface area contributed by atoms with Crippen molar-refractivity contribution in [1.82, 2.24) is 9.78 Å². The molecule has 2 rings (SSSR count). The number of methoxy groups -OCH3 is 1. The van der Waals surface area contributed by atoms with Gasteiger partial charge < -0.3 is 10.5 Å². The lowest BCUT2D eigenvalue weighted by atomic mass is 10.1. The van der Waals surface area contributed by atoms with Gasteiger partial charge in [0.2, 0.25) is 5.88 Å². The van der Waals surface area contributed by atoms with E-state index in [1.54, 1.807) is 18.7 Å². The van der Waals surface area contributed by atoms with Gasteiger partial charge in [-0.15, -0.1) is 0 Å². The number of aromatic nitrogens is 2. The van der Waals surface area contributed by atoms with Gasteiger partial charge in [0.25, 0.3) is 0 Å². The minimum Gasteiger partial charge on any atom is -0.481 e. The van der Waals surface area contributed by atoms with Crippen LogP contribution >= 0.6 is 0 Å². The summed E-state index contributed by atoms with van der Waals surface area (Å²) in [5.41, 5.74) is 5.68. The molecule has 0 amide bonds. The number of ether oxygens (including phenoxy) is 1. The van der Waals surface area contributed by atoms with Gasteiger partial charge in [0.05, 0.1) is 30.6 Å². The van der Waals surface area contributed by atoms with E-state index in [4.69, 9.17) is 15.7 Å². The first kappa shape index (κ1) is 11.4. The van der Waals surface area contributed by atoms with E-state index in [1.807, 2.05) is 30.3 Å². The van der Waals surface area contributed by atoms with Crippen LogP contribution in [0.25, 0.3) is 10.9 Å². The molecule has 0 aliphatic carbocycles. The van der Waals surface area contributed by atoms with Crippen LogP contribution in [0, 0.1) is 11.3 Å². The molecule has 5 heteroatoms. The number of nitriles is 1. The third kappa shape index (κ3) is 2.08. The van der Waals surface area contributed by atoms with Gasteiger partial charge in [-0.1, -0.05) is 12.1 Å². The molecule has 2 N–H and O–H groups in total. The summed E-state index contributed by atoms with van der Waals surface area (Å²) in [7, 11) is 1.58. The van der Waals surface area contributed by atoms with Gasteiger partial charge in [-0.05, 0) is 19.1 Å². The van der Waals surface area contributed by atoms with E-state index in [2.05, 4.69) is 5.10 Å². The van der Waals surface area contributed by atoms with Crippen LogP contribution in [0.1, 0.15) is 6.92 Å². The molecule has 0 fully saturated rings. The predicted octanol–water partition coefficient (Wildman–Crippen LogP) is 1.29. The third-order valence-electron chi connectivity index (χ3n) is 2.52. The van der Waals surface area contributed by atoms with Crippen molar-refractivity contribution in [3.63, 3.8) is 0 Å². The zero-order valence-electron chi connectivity index (χ0n) is 9.84. The molecule has 0 aliphatic heterocycles. The van der Waals surface area contributed by atoms with Crippen LogP contribution in [-0.4, -0.2) is 22.4 Å². The Hall–Kier alpha value is -2.06. The third-order valence-corrected chi connectivity index (χ3v) is 2.52. The Morgan fingerprint density at radius 3 is 2.88 bits per heavy atom. The number of nitrogens with zero attached hydrogens (tertiary/aromatic N) is 3. The summed E-state index contributed by atoms with van der Waals surface area (Å²) in [6, 6.07) is 9.70. The Morgan fingerprint density at radius 1 is 1.53 bits per heavy atom. The molecule has 1 aromatic carbocycles. The van der Waals surface area contributed by atoms with Crippen molar-refractivity contribution in [2.45, 2.75) is 19.0 Å². The lowest BCUT2D eigenvalue weighted by Crippen LogP contribution is -2.39. The monoisotopic (exact) mass is 230 g/mol. The molecule has 5 nitrogen and oxygen atoms in total. The van der Waals surface area contributed by atoms with Gasteiger partial charge in [0, 0.05) is 0 Å². The van der Waals surface area contributed by atoms with E-state index in [1.165, 1.54) is 0 Å². The summed E-state index contributed by atoms with van der Waals surface area (Å²) in [5.74, 6) is 0.632. The fourth-order valence-corrected chi connectivity index (χ4v) is 1.73. The molecular formula is C12H14N4O. The average Bonchev–Trinajstić information content (AvgIpc) is 2.65. The number of rotatable bonds is 3. The van der Waals surface area contributed by atoms with Crippen LogP contribution in [-0.2, 0) is 6.54 Å². The molecule has 0 saturated heterocycles. The van der Waals surface area contributed by atoms with Crippen molar-refractivity contribution >= 4 is 10.9 Å². The summed E-state index contributed by atoms with van der Waals surface area (Å²) < 4.78 is 6.96. The first-order chi connectivity index (χ1) is 8.07. The second-order valence-corrected chi connectivity index (χ2v) is 4.21. The summed E-state index contributed by atoms with van der Waals surface area (Å²) in [4.78, 5) is 0. The number of hydrogen-bond donors (Lipinski definition) is 1. The zero-order chi connectivity index (χ0) is 12.5. The van der Waals surface area contributed by atoms with Crippen LogP contribution in [0.3, 0.4) is 0 Å². The predicted molar refractivity (Wildman–Crippen MR) is 64.5 cm³/mol. The second-order valence-electron chi connectivity index (χ2n) is 4.21. The van der Waals surface area contributed by atoms with E-state index in [-0.39, 0.29) is 0 Å².